The summed E-state index contributed by atoms with van der Waals surface area (Å²) in [6.07, 6.45) is 0.946. The molecule has 0 spiro atoms. The summed E-state index contributed by atoms with van der Waals surface area (Å²) in [5, 5.41) is 0. The fraction of sp³-hybridized carbons (Fsp3) is 0.562. The van der Waals surface area contributed by atoms with Crippen LogP contribution in [0.1, 0.15) is 43.1 Å². The maximum absolute atomic E-state index is 12.7. The zero-order valence-electron chi connectivity index (χ0n) is 12.9. The van der Waals surface area contributed by atoms with E-state index in [-0.39, 0.29) is 11.3 Å². The second kappa shape index (κ2) is 7.23. The number of hydrogen-bond acceptors (Lipinski definition) is 2. The van der Waals surface area contributed by atoms with Crippen molar-refractivity contribution >= 4 is 21.8 Å². The number of carbonyl (C=O) groups is 1. The molecule has 4 heteroatoms. The molecule has 2 N–H and O–H groups in total. The molecule has 1 rings (SSSR count). The van der Waals surface area contributed by atoms with Crippen molar-refractivity contribution in [2.24, 2.45) is 11.1 Å². The van der Waals surface area contributed by atoms with Gasteiger partial charge in [-0.2, -0.15) is 0 Å². The minimum absolute atomic E-state index is 0.0614. The highest BCUT2D eigenvalue weighted by Crippen LogP contribution is 2.21. The topological polar surface area (TPSA) is 46.3 Å². The Kier molecular flexibility index (Phi) is 6.21. The Bertz CT molecular complexity index is 472. The number of halogens is 1. The number of nitrogens with zero attached hydrogens (tertiary/aromatic N) is 1. The molecule has 0 aliphatic rings. The predicted molar refractivity (Wildman–Crippen MR) is 87.9 cm³/mol. The lowest BCUT2D eigenvalue weighted by Crippen LogP contribution is -2.42. The Labute approximate surface area is 130 Å². The first kappa shape index (κ1) is 17.2. The molecule has 1 aromatic carbocycles. The average molecular weight is 341 g/mol. The van der Waals surface area contributed by atoms with E-state index in [0.29, 0.717) is 13.1 Å². The van der Waals surface area contributed by atoms with Crippen LogP contribution in [-0.2, 0) is 0 Å². The zero-order valence-corrected chi connectivity index (χ0v) is 14.5. The first-order chi connectivity index (χ1) is 9.30. The van der Waals surface area contributed by atoms with Crippen LogP contribution < -0.4 is 5.73 Å². The molecule has 1 aromatic rings. The Hall–Kier alpha value is -0.870. The van der Waals surface area contributed by atoms with Crippen molar-refractivity contribution in [2.45, 2.75) is 34.1 Å². The lowest BCUT2D eigenvalue weighted by atomic mass is 9.92. The molecular weight excluding hydrogens is 316 g/mol. The van der Waals surface area contributed by atoms with Crippen molar-refractivity contribution in [1.82, 2.24) is 4.90 Å². The van der Waals surface area contributed by atoms with Crippen LogP contribution in [0.2, 0.25) is 0 Å². The van der Waals surface area contributed by atoms with Crippen LogP contribution in [0.3, 0.4) is 0 Å². The van der Waals surface area contributed by atoms with Gasteiger partial charge in [0.15, 0.2) is 0 Å². The van der Waals surface area contributed by atoms with Gasteiger partial charge in [0.1, 0.15) is 0 Å². The maximum Gasteiger partial charge on any atom is 0.254 e. The molecule has 112 valence electrons. The number of nitrogens with two attached hydrogens (primary N) is 1. The van der Waals surface area contributed by atoms with Crippen molar-refractivity contribution < 1.29 is 4.79 Å². The van der Waals surface area contributed by atoms with Gasteiger partial charge in [-0.05, 0) is 49.1 Å². The SMILES string of the molecule is CCCN(CC(C)(C)CN)C(=O)c1ccc(Br)cc1C. The van der Waals surface area contributed by atoms with E-state index in [1.807, 2.05) is 30.0 Å². The van der Waals surface area contributed by atoms with Crippen LogP contribution in [0.4, 0.5) is 0 Å². The fourth-order valence-corrected chi connectivity index (χ4v) is 2.62. The van der Waals surface area contributed by atoms with Gasteiger partial charge in [0.2, 0.25) is 0 Å². The van der Waals surface area contributed by atoms with E-state index in [9.17, 15) is 4.79 Å². The summed E-state index contributed by atoms with van der Waals surface area (Å²) in [7, 11) is 0. The first-order valence-electron chi connectivity index (χ1n) is 7.06. The van der Waals surface area contributed by atoms with Gasteiger partial charge < -0.3 is 10.6 Å². The van der Waals surface area contributed by atoms with Crippen LogP contribution >= 0.6 is 15.9 Å². The van der Waals surface area contributed by atoms with Gasteiger partial charge in [0.05, 0.1) is 0 Å². The number of amides is 1. The quantitative estimate of drug-likeness (QED) is 0.859. The molecule has 0 unspecified atom stereocenters. The third-order valence-corrected chi connectivity index (χ3v) is 3.86. The van der Waals surface area contributed by atoms with Gasteiger partial charge in [-0.15, -0.1) is 0 Å². The van der Waals surface area contributed by atoms with Gasteiger partial charge in [-0.3, -0.25) is 4.79 Å². The van der Waals surface area contributed by atoms with E-state index in [1.165, 1.54) is 0 Å². The number of aryl methyl sites for hydroxylation is 1. The van der Waals surface area contributed by atoms with Crippen LogP contribution in [0.5, 0.6) is 0 Å². The third-order valence-electron chi connectivity index (χ3n) is 3.37. The second-order valence-electron chi connectivity index (χ2n) is 6.05. The van der Waals surface area contributed by atoms with Crippen molar-refractivity contribution in [3.05, 3.63) is 33.8 Å². The summed E-state index contributed by atoms with van der Waals surface area (Å²) in [5.41, 5.74) is 7.50. The van der Waals surface area contributed by atoms with Crippen LogP contribution in [0.15, 0.2) is 22.7 Å². The minimum Gasteiger partial charge on any atom is -0.338 e. The Balaban J connectivity index is 2.99. The second-order valence-corrected chi connectivity index (χ2v) is 6.97. The maximum atomic E-state index is 12.7. The van der Waals surface area contributed by atoms with Crippen molar-refractivity contribution in [2.75, 3.05) is 19.6 Å². The molecule has 0 atom stereocenters. The third kappa shape index (κ3) is 4.60. The van der Waals surface area contributed by atoms with E-state index in [4.69, 9.17) is 5.73 Å². The van der Waals surface area contributed by atoms with E-state index < -0.39 is 0 Å². The van der Waals surface area contributed by atoms with Gasteiger partial charge in [-0.1, -0.05) is 36.7 Å². The van der Waals surface area contributed by atoms with E-state index >= 15 is 0 Å². The number of hydrogen-bond donors (Lipinski definition) is 1. The Morgan fingerprint density at radius 2 is 2.05 bits per heavy atom. The summed E-state index contributed by atoms with van der Waals surface area (Å²) in [4.78, 5) is 14.7. The molecule has 0 aliphatic carbocycles. The predicted octanol–water partition coefficient (Wildman–Crippen LogP) is 3.59. The van der Waals surface area contributed by atoms with E-state index in [0.717, 1.165) is 28.6 Å². The standard InChI is InChI=1S/C16H25BrN2O/c1-5-8-19(11-16(3,4)10-18)15(20)14-7-6-13(17)9-12(14)2/h6-7,9H,5,8,10-11,18H2,1-4H3. The number of rotatable bonds is 6. The van der Waals surface area contributed by atoms with Gasteiger partial charge in [-0.25, -0.2) is 0 Å². The molecule has 0 fully saturated rings. The Morgan fingerprint density at radius 1 is 1.40 bits per heavy atom. The molecule has 3 nitrogen and oxygen atoms in total. The Morgan fingerprint density at radius 3 is 2.55 bits per heavy atom. The summed E-state index contributed by atoms with van der Waals surface area (Å²) < 4.78 is 0.996. The number of benzene rings is 1. The van der Waals surface area contributed by atoms with Crippen LogP contribution in [0, 0.1) is 12.3 Å². The normalized spacial score (nSPS) is 11.5. The lowest BCUT2D eigenvalue weighted by Gasteiger charge is -2.32. The van der Waals surface area contributed by atoms with Gasteiger partial charge in [0.25, 0.3) is 5.91 Å². The fourth-order valence-electron chi connectivity index (χ4n) is 2.14. The smallest absolute Gasteiger partial charge is 0.254 e. The van der Waals surface area contributed by atoms with Crippen molar-refractivity contribution in [3.8, 4) is 0 Å². The molecule has 0 heterocycles. The number of carbonyl (C=O) groups excluding carboxylic acids is 1. The highest BCUT2D eigenvalue weighted by molar-refractivity contribution is 9.10. The molecule has 0 saturated carbocycles. The summed E-state index contributed by atoms with van der Waals surface area (Å²) >= 11 is 3.43. The molecule has 0 aromatic heterocycles. The summed E-state index contributed by atoms with van der Waals surface area (Å²) in [6.45, 7) is 10.3. The zero-order chi connectivity index (χ0) is 15.3. The van der Waals surface area contributed by atoms with Crippen molar-refractivity contribution in [1.29, 1.82) is 0 Å². The monoisotopic (exact) mass is 340 g/mol. The van der Waals surface area contributed by atoms with Crippen LogP contribution in [-0.4, -0.2) is 30.4 Å². The van der Waals surface area contributed by atoms with Crippen molar-refractivity contribution in [3.63, 3.8) is 0 Å². The van der Waals surface area contributed by atoms with Gasteiger partial charge in [0, 0.05) is 23.1 Å². The largest absolute Gasteiger partial charge is 0.338 e. The highest BCUT2D eigenvalue weighted by Gasteiger charge is 2.24. The molecule has 0 radical (unpaired) electrons. The average Bonchev–Trinajstić information content (AvgIpc) is 2.37. The van der Waals surface area contributed by atoms with Gasteiger partial charge >= 0.3 is 0 Å². The first-order valence-corrected chi connectivity index (χ1v) is 7.85. The molecular formula is C16H25BrN2O. The lowest BCUT2D eigenvalue weighted by molar-refractivity contribution is 0.0688. The highest BCUT2D eigenvalue weighted by atomic mass is 79.9. The van der Waals surface area contributed by atoms with Crippen LogP contribution in [0.25, 0.3) is 0 Å². The molecule has 0 aliphatic heterocycles. The minimum atomic E-state index is -0.0614. The summed E-state index contributed by atoms with van der Waals surface area (Å²) in [6, 6.07) is 5.78. The van der Waals surface area contributed by atoms with E-state index in [1.54, 1.807) is 0 Å². The molecule has 1 amide bonds. The molecule has 0 bridgehead atoms. The van der Waals surface area contributed by atoms with E-state index in [2.05, 4.69) is 36.7 Å². The molecule has 20 heavy (non-hydrogen) atoms. The summed E-state index contributed by atoms with van der Waals surface area (Å²) in [5.74, 6) is 0.0957. The molecule has 0 saturated heterocycles.